The van der Waals surface area contributed by atoms with Gasteiger partial charge in [0.25, 0.3) is 0 Å². The molecule has 0 atom stereocenters. The van der Waals surface area contributed by atoms with E-state index in [0.29, 0.717) is 11.3 Å². The topological polar surface area (TPSA) is 26.0 Å². The average molecular weight is 289 g/mol. The Labute approximate surface area is 121 Å². The second kappa shape index (κ2) is 7.09. The summed E-state index contributed by atoms with van der Waals surface area (Å²) in [7, 11) is 0. The van der Waals surface area contributed by atoms with Crippen LogP contribution in [0.2, 0.25) is 0 Å². The first kappa shape index (κ1) is 14.6. The Morgan fingerprint density at radius 2 is 1.80 bits per heavy atom. The lowest BCUT2D eigenvalue weighted by Gasteiger charge is -2.03. The molecule has 0 aliphatic carbocycles. The third-order valence-electron chi connectivity index (χ3n) is 2.58. The number of benzene rings is 2. The van der Waals surface area contributed by atoms with Gasteiger partial charge in [-0.05, 0) is 42.0 Å². The van der Waals surface area contributed by atoms with Crippen LogP contribution < -0.4 is 5.73 Å². The smallest absolute Gasteiger partial charge is 0.138 e. The summed E-state index contributed by atoms with van der Waals surface area (Å²) < 4.78 is 26.3. The van der Waals surface area contributed by atoms with Crippen LogP contribution in [0.4, 0.5) is 8.78 Å². The minimum Gasteiger partial charge on any atom is -0.320 e. The average Bonchev–Trinajstić information content (AvgIpc) is 2.46. The normalized spacial score (nSPS) is 9.95. The molecule has 2 N–H and O–H groups in total. The summed E-state index contributed by atoms with van der Waals surface area (Å²) in [4.78, 5) is 0.963. The lowest BCUT2D eigenvalue weighted by molar-refractivity contribution is 0.623. The summed E-state index contributed by atoms with van der Waals surface area (Å²) in [5.74, 6) is 5.42. The van der Waals surface area contributed by atoms with Crippen molar-refractivity contribution < 1.29 is 8.78 Å². The summed E-state index contributed by atoms with van der Waals surface area (Å²) in [6.07, 6.45) is 0. The van der Waals surface area contributed by atoms with Gasteiger partial charge in [-0.2, -0.15) is 0 Å². The molecule has 0 saturated heterocycles. The van der Waals surface area contributed by atoms with Crippen molar-refractivity contribution in [3.05, 3.63) is 65.2 Å². The van der Waals surface area contributed by atoms with Crippen molar-refractivity contribution in [2.75, 3.05) is 6.54 Å². The predicted octanol–water partition coefficient (Wildman–Crippen LogP) is 3.57. The third kappa shape index (κ3) is 4.09. The number of halogens is 2. The van der Waals surface area contributed by atoms with Crippen molar-refractivity contribution in [3.8, 4) is 11.8 Å². The maximum Gasteiger partial charge on any atom is 0.138 e. The van der Waals surface area contributed by atoms with Crippen LogP contribution in [-0.2, 0) is 5.75 Å². The molecule has 4 heteroatoms. The first-order valence-electron chi connectivity index (χ1n) is 6.05. The van der Waals surface area contributed by atoms with Gasteiger partial charge in [0.15, 0.2) is 0 Å². The Morgan fingerprint density at radius 1 is 1.05 bits per heavy atom. The summed E-state index contributed by atoms with van der Waals surface area (Å²) in [6.45, 7) is 0.202. The number of hydrogen-bond donors (Lipinski definition) is 1. The molecular weight excluding hydrogens is 276 g/mol. The molecule has 1 nitrogen and oxygen atoms in total. The third-order valence-corrected chi connectivity index (χ3v) is 3.66. The highest BCUT2D eigenvalue weighted by Crippen LogP contribution is 2.23. The van der Waals surface area contributed by atoms with Crippen molar-refractivity contribution in [1.82, 2.24) is 0 Å². The van der Waals surface area contributed by atoms with Gasteiger partial charge in [0, 0.05) is 10.6 Å². The van der Waals surface area contributed by atoms with E-state index in [0.717, 1.165) is 10.5 Å². The van der Waals surface area contributed by atoms with Crippen molar-refractivity contribution in [3.63, 3.8) is 0 Å². The van der Waals surface area contributed by atoms with Crippen LogP contribution in [0.25, 0.3) is 0 Å². The summed E-state index contributed by atoms with van der Waals surface area (Å²) in [6, 6.07) is 11.1. The van der Waals surface area contributed by atoms with Gasteiger partial charge in [0.05, 0.1) is 12.1 Å². The molecule has 20 heavy (non-hydrogen) atoms. The van der Waals surface area contributed by atoms with E-state index in [1.807, 2.05) is 0 Å². The second-order valence-electron chi connectivity index (χ2n) is 4.06. The molecule has 0 aliphatic rings. The predicted molar refractivity (Wildman–Crippen MR) is 78.3 cm³/mol. The Hall–Kier alpha value is -1.83. The molecule has 0 aromatic heterocycles. The highest BCUT2D eigenvalue weighted by Gasteiger charge is 2.02. The lowest BCUT2D eigenvalue weighted by atomic mass is 10.1. The molecule has 0 amide bonds. The first-order valence-corrected chi connectivity index (χ1v) is 7.03. The van der Waals surface area contributed by atoms with E-state index >= 15 is 0 Å². The van der Waals surface area contributed by atoms with Gasteiger partial charge in [-0.1, -0.05) is 17.9 Å². The van der Waals surface area contributed by atoms with Crippen LogP contribution in [0.15, 0.2) is 47.4 Å². The maximum absolute atomic E-state index is 13.5. The van der Waals surface area contributed by atoms with E-state index < -0.39 is 0 Å². The summed E-state index contributed by atoms with van der Waals surface area (Å²) in [5, 5.41) is 0. The first-order chi connectivity index (χ1) is 9.69. The molecule has 2 rings (SSSR count). The standard InChI is InChI=1S/C16H13F2NS/c17-14-4-6-15(7-5-14)20-11-12-3-8-16(18)13(10-12)2-1-9-19/h3-8,10H,9,11,19H2. The SMILES string of the molecule is NCC#Cc1cc(CSc2ccc(F)cc2)ccc1F. The monoisotopic (exact) mass is 289 g/mol. The Balaban J connectivity index is 2.08. The quantitative estimate of drug-likeness (QED) is 0.690. The summed E-state index contributed by atoms with van der Waals surface area (Å²) >= 11 is 1.56. The van der Waals surface area contributed by atoms with Gasteiger partial charge < -0.3 is 5.73 Å². The number of nitrogens with two attached hydrogens (primary N) is 1. The molecule has 0 heterocycles. The molecular formula is C16H13F2NS. The molecule has 2 aromatic carbocycles. The van der Waals surface area contributed by atoms with Crippen molar-refractivity contribution in [2.45, 2.75) is 10.6 Å². The van der Waals surface area contributed by atoms with Gasteiger partial charge in [0.1, 0.15) is 11.6 Å². The summed E-state index contributed by atoms with van der Waals surface area (Å²) in [5.41, 5.74) is 6.60. The molecule has 0 aliphatic heterocycles. The lowest BCUT2D eigenvalue weighted by Crippen LogP contribution is -1.94. The highest BCUT2D eigenvalue weighted by molar-refractivity contribution is 7.98. The fraction of sp³-hybridized carbons (Fsp3) is 0.125. The van der Waals surface area contributed by atoms with Crippen molar-refractivity contribution >= 4 is 11.8 Å². The van der Waals surface area contributed by atoms with E-state index in [1.54, 1.807) is 36.0 Å². The largest absolute Gasteiger partial charge is 0.320 e. The van der Waals surface area contributed by atoms with Crippen LogP contribution in [0.1, 0.15) is 11.1 Å². The Morgan fingerprint density at radius 3 is 2.50 bits per heavy atom. The number of hydrogen-bond acceptors (Lipinski definition) is 2. The van der Waals surface area contributed by atoms with Gasteiger partial charge in [-0.25, -0.2) is 8.78 Å². The van der Waals surface area contributed by atoms with Gasteiger partial charge in [-0.3, -0.25) is 0 Å². The van der Waals surface area contributed by atoms with Crippen LogP contribution >= 0.6 is 11.8 Å². The zero-order chi connectivity index (χ0) is 14.4. The second-order valence-corrected chi connectivity index (χ2v) is 5.11. The molecule has 0 saturated carbocycles. The van der Waals surface area contributed by atoms with E-state index in [9.17, 15) is 8.78 Å². The van der Waals surface area contributed by atoms with Crippen LogP contribution in [0.5, 0.6) is 0 Å². The highest BCUT2D eigenvalue weighted by atomic mass is 32.2. The molecule has 0 radical (unpaired) electrons. The van der Waals surface area contributed by atoms with Crippen LogP contribution in [-0.4, -0.2) is 6.54 Å². The Kier molecular flexibility index (Phi) is 5.16. The van der Waals surface area contributed by atoms with Gasteiger partial charge >= 0.3 is 0 Å². The number of thioether (sulfide) groups is 1. The zero-order valence-electron chi connectivity index (χ0n) is 10.7. The molecule has 0 unspecified atom stereocenters. The minimum atomic E-state index is -0.346. The molecule has 0 bridgehead atoms. The van der Waals surface area contributed by atoms with Crippen LogP contribution in [0.3, 0.4) is 0 Å². The maximum atomic E-state index is 13.5. The molecule has 2 aromatic rings. The number of rotatable bonds is 3. The fourth-order valence-corrected chi connectivity index (χ4v) is 2.44. The van der Waals surface area contributed by atoms with E-state index in [1.165, 1.54) is 18.2 Å². The van der Waals surface area contributed by atoms with E-state index in [2.05, 4.69) is 11.8 Å². The van der Waals surface area contributed by atoms with Crippen molar-refractivity contribution in [2.24, 2.45) is 5.73 Å². The molecule has 0 spiro atoms. The molecule has 0 fully saturated rings. The van der Waals surface area contributed by atoms with E-state index in [4.69, 9.17) is 5.73 Å². The van der Waals surface area contributed by atoms with Gasteiger partial charge in [0.2, 0.25) is 0 Å². The van der Waals surface area contributed by atoms with Crippen LogP contribution in [0, 0.1) is 23.5 Å². The van der Waals surface area contributed by atoms with E-state index in [-0.39, 0.29) is 18.2 Å². The fourth-order valence-electron chi connectivity index (χ4n) is 1.60. The van der Waals surface area contributed by atoms with Gasteiger partial charge in [-0.15, -0.1) is 11.8 Å². The molecule has 102 valence electrons. The van der Waals surface area contributed by atoms with Crippen molar-refractivity contribution in [1.29, 1.82) is 0 Å². The zero-order valence-corrected chi connectivity index (χ0v) is 11.5. The minimum absolute atomic E-state index is 0.202. The Bertz CT molecular complexity index is 642.